The fraction of sp³-hybridized carbons (Fsp3) is 0.882. The Bertz CT molecular complexity index is 441. The van der Waals surface area contributed by atoms with E-state index >= 15 is 0 Å². The maximum absolute atomic E-state index is 12.5. The molecule has 0 aromatic heterocycles. The van der Waals surface area contributed by atoms with Gasteiger partial charge in [0.15, 0.2) is 0 Å². The number of ether oxygens (including phenoxy) is 1. The highest BCUT2D eigenvalue weighted by Crippen LogP contribution is 2.30. The zero-order valence-electron chi connectivity index (χ0n) is 14.9. The van der Waals surface area contributed by atoms with E-state index in [0.29, 0.717) is 6.54 Å². The molecule has 2 fully saturated rings. The first kappa shape index (κ1) is 18.0. The van der Waals surface area contributed by atoms with Gasteiger partial charge in [0.05, 0.1) is 6.04 Å². The lowest BCUT2D eigenvalue weighted by atomic mass is 10.0. The standard InChI is InChI=1S/C17H31N3O3/c1-12(18)15(21)19-10-6-5-7-14(19)11-20(13-8-9-13)16(22)23-17(2,3)4/h12-14H,5-11,18H2,1-4H3/t12-,14?/m0/s1. The highest BCUT2D eigenvalue weighted by molar-refractivity contribution is 5.81. The summed E-state index contributed by atoms with van der Waals surface area (Å²) in [7, 11) is 0. The maximum Gasteiger partial charge on any atom is 0.410 e. The van der Waals surface area contributed by atoms with E-state index in [-0.39, 0.29) is 24.1 Å². The van der Waals surface area contributed by atoms with Crippen LogP contribution >= 0.6 is 0 Å². The van der Waals surface area contributed by atoms with Gasteiger partial charge in [-0.05, 0) is 59.8 Å². The van der Waals surface area contributed by atoms with Crippen molar-refractivity contribution in [3.05, 3.63) is 0 Å². The molecule has 0 aromatic carbocycles. The lowest BCUT2D eigenvalue weighted by Crippen LogP contribution is -2.55. The lowest BCUT2D eigenvalue weighted by Gasteiger charge is -2.39. The smallest absolute Gasteiger partial charge is 0.410 e. The molecule has 2 amide bonds. The Morgan fingerprint density at radius 3 is 2.43 bits per heavy atom. The maximum atomic E-state index is 12.5. The molecule has 0 radical (unpaired) electrons. The van der Waals surface area contributed by atoms with E-state index in [0.717, 1.165) is 38.6 Å². The molecule has 1 saturated heterocycles. The first-order chi connectivity index (χ1) is 10.7. The Kier molecular flexibility index (Phi) is 5.55. The monoisotopic (exact) mass is 325 g/mol. The highest BCUT2D eigenvalue weighted by Gasteiger charge is 2.39. The van der Waals surface area contributed by atoms with E-state index in [1.54, 1.807) is 6.92 Å². The number of carbonyl (C=O) groups excluding carboxylic acids is 2. The Balaban J connectivity index is 2.05. The second-order valence-electron chi connectivity index (χ2n) is 7.83. The van der Waals surface area contributed by atoms with Gasteiger partial charge in [-0.25, -0.2) is 4.79 Å². The summed E-state index contributed by atoms with van der Waals surface area (Å²) in [6.07, 6.45) is 4.79. The molecular weight excluding hydrogens is 294 g/mol. The molecule has 2 N–H and O–H groups in total. The van der Waals surface area contributed by atoms with E-state index < -0.39 is 11.6 Å². The van der Waals surface area contributed by atoms with Gasteiger partial charge in [-0.15, -0.1) is 0 Å². The average Bonchev–Trinajstić information content (AvgIpc) is 3.26. The summed E-state index contributed by atoms with van der Waals surface area (Å²) in [6.45, 7) is 8.64. The number of amides is 2. The molecule has 1 aliphatic heterocycles. The van der Waals surface area contributed by atoms with Gasteiger partial charge in [-0.2, -0.15) is 0 Å². The Labute approximate surface area is 139 Å². The number of nitrogens with two attached hydrogens (primary N) is 1. The van der Waals surface area contributed by atoms with Gasteiger partial charge in [-0.1, -0.05) is 0 Å². The van der Waals surface area contributed by atoms with E-state index in [4.69, 9.17) is 10.5 Å². The highest BCUT2D eigenvalue weighted by atomic mass is 16.6. The van der Waals surface area contributed by atoms with Crippen molar-refractivity contribution < 1.29 is 14.3 Å². The molecule has 132 valence electrons. The molecule has 23 heavy (non-hydrogen) atoms. The Morgan fingerprint density at radius 2 is 1.91 bits per heavy atom. The molecule has 1 saturated carbocycles. The second-order valence-corrected chi connectivity index (χ2v) is 7.83. The molecule has 1 unspecified atom stereocenters. The molecule has 1 aliphatic carbocycles. The van der Waals surface area contributed by atoms with Gasteiger partial charge < -0.3 is 20.3 Å². The van der Waals surface area contributed by atoms with Gasteiger partial charge in [-0.3, -0.25) is 4.79 Å². The van der Waals surface area contributed by atoms with Crippen molar-refractivity contribution in [1.82, 2.24) is 9.80 Å². The molecule has 6 heteroatoms. The first-order valence-corrected chi connectivity index (χ1v) is 8.74. The summed E-state index contributed by atoms with van der Waals surface area (Å²) < 4.78 is 5.54. The third kappa shape index (κ3) is 5.09. The number of rotatable bonds is 4. The first-order valence-electron chi connectivity index (χ1n) is 8.74. The van der Waals surface area contributed by atoms with Crippen molar-refractivity contribution in [3.8, 4) is 0 Å². The van der Waals surface area contributed by atoms with E-state index in [2.05, 4.69) is 0 Å². The molecule has 0 spiro atoms. The van der Waals surface area contributed by atoms with Crippen LogP contribution in [0, 0.1) is 0 Å². The van der Waals surface area contributed by atoms with Crippen LogP contribution in [0.15, 0.2) is 0 Å². The van der Waals surface area contributed by atoms with Gasteiger partial charge in [0.2, 0.25) is 5.91 Å². The van der Waals surface area contributed by atoms with Crippen LogP contribution in [0.25, 0.3) is 0 Å². The summed E-state index contributed by atoms with van der Waals surface area (Å²) in [5.41, 5.74) is 5.28. The van der Waals surface area contributed by atoms with E-state index in [9.17, 15) is 9.59 Å². The number of piperidine rings is 1. The molecule has 6 nitrogen and oxygen atoms in total. The van der Waals surface area contributed by atoms with Crippen LogP contribution < -0.4 is 5.73 Å². The zero-order chi connectivity index (χ0) is 17.2. The molecule has 1 heterocycles. The van der Waals surface area contributed by atoms with Crippen molar-refractivity contribution in [2.45, 2.75) is 83.5 Å². The summed E-state index contributed by atoms with van der Waals surface area (Å²) in [5.74, 6) is -0.0189. The summed E-state index contributed by atoms with van der Waals surface area (Å²) in [6, 6.07) is -0.180. The van der Waals surface area contributed by atoms with Crippen molar-refractivity contribution in [2.24, 2.45) is 5.73 Å². The third-order valence-electron chi connectivity index (χ3n) is 4.32. The molecule has 2 aliphatic rings. The predicted molar refractivity (Wildman–Crippen MR) is 89.0 cm³/mol. The fourth-order valence-corrected chi connectivity index (χ4v) is 3.05. The van der Waals surface area contributed by atoms with Crippen LogP contribution in [0.3, 0.4) is 0 Å². The van der Waals surface area contributed by atoms with Crippen molar-refractivity contribution in [3.63, 3.8) is 0 Å². The van der Waals surface area contributed by atoms with Crippen LogP contribution in [-0.4, -0.2) is 58.6 Å². The molecule has 0 aromatic rings. The summed E-state index contributed by atoms with van der Waals surface area (Å²) in [5, 5.41) is 0. The van der Waals surface area contributed by atoms with Gasteiger partial charge >= 0.3 is 6.09 Å². The number of nitrogens with zero attached hydrogens (tertiary/aromatic N) is 2. The Morgan fingerprint density at radius 1 is 1.26 bits per heavy atom. The van der Waals surface area contributed by atoms with Crippen molar-refractivity contribution >= 4 is 12.0 Å². The summed E-state index contributed by atoms with van der Waals surface area (Å²) >= 11 is 0. The predicted octanol–water partition coefficient (Wildman–Crippen LogP) is 2.11. The van der Waals surface area contributed by atoms with Crippen LogP contribution in [0.1, 0.15) is 59.8 Å². The SMILES string of the molecule is C[C@H](N)C(=O)N1CCCCC1CN(C(=O)OC(C)(C)C)C1CC1. The van der Waals surface area contributed by atoms with Gasteiger partial charge in [0.25, 0.3) is 0 Å². The van der Waals surface area contributed by atoms with Crippen molar-refractivity contribution in [2.75, 3.05) is 13.1 Å². The minimum absolute atomic E-state index is 0.0189. The Hall–Kier alpha value is -1.30. The average molecular weight is 325 g/mol. The van der Waals surface area contributed by atoms with Crippen molar-refractivity contribution in [1.29, 1.82) is 0 Å². The largest absolute Gasteiger partial charge is 0.444 e. The zero-order valence-corrected chi connectivity index (χ0v) is 14.9. The number of carbonyl (C=O) groups is 2. The second kappa shape index (κ2) is 7.07. The number of hydrogen-bond donors (Lipinski definition) is 1. The van der Waals surface area contributed by atoms with Crippen LogP contribution in [0.5, 0.6) is 0 Å². The fourth-order valence-electron chi connectivity index (χ4n) is 3.05. The molecule has 2 rings (SSSR count). The van der Waals surface area contributed by atoms with Gasteiger partial charge in [0, 0.05) is 25.2 Å². The van der Waals surface area contributed by atoms with Crippen LogP contribution in [0.2, 0.25) is 0 Å². The van der Waals surface area contributed by atoms with Crippen LogP contribution in [-0.2, 0) is 9.53 Å². The number of likely N-dealkylation sites (tertiary alicyclic amines) is 1. The van der Waals surface area contributed by atoms with Gasteiger partial charge in [0.1, 0.15) is 5.60 Å². The normalized spacial score (nSPS) is 23.3. The molecular formula is C17H31N3O3. The van der Waals surface area contributed by atoms with E-state index in [1.807, 2.05) is 30.6 Å². The third-order valence-corrected chi connectivity index (χ3v) is 4.32. The number of hydrogen-bond acceptors (Lipinski definition) is 4. The van der Waals surface area contributed by atoms with E-state index in [1.165, 1.54) is 0 Å². The molecule has 2 atom stereocenters. The minimum Gasteiger partial charge on any atom is -0.444 e. The minimum atomic E-state index is -0.502. The lowest BCUT2D eigenvalue weighted by molar-refractivity contribution is -0.136. The summed E-state index contributed by atoms with van der Waals surface area (Å²) in [4.78, 5) is 28.5. The van der Waals surface area contributed by atoms with Crippen LogP contribution in [0.4, 0.5) is 4.79 Å². The topological polar surface area (TPSA) is 75.9 Å². The quantitative estimate of drug-likeness (QED) is 0.859. The molecule has 0 bridgehead atoms.